The Morgan fingerprint density at radius 3 is 2.70 bits per heavy atom. The highest BCUT2D eigenvalue weighted by atomic mass is 79.9. The summed E-state index contributed by atoms with van der Waals surface area (Å²) in [6.07, 6.45) is 0.222. The Morgan fingerprint density at radius 2 is 2.15 bits per heavy atom. The average Bonchev–Trinajstić information content (AvgIpc) is 2.61. The number of fused-ring (bicyclic) bond motifs is 1. The summed E-state index contributed by atoms with van der Waals surface area (Å²) in [6, 6.07) is 3.08. The number of nitrogens with zero attached hydrogens (tertiary/aromatic N) is 2. The number of aliphatic carboxylic acids is 1. The normalized spacial score (nSPS) is 10.9. The quantitative estimate of drug-likeness (QED) is 0.684. The number of nitro benzene ring substituents is 1. The summed E-state index contributed by atoms with van der Waals surface area (Å²) in [7, 11) is 1.82. The van der Waals surface area contributed by atoms with Gasteiger partial charge in [0.2, 0.25) is 0 Å². The van der Waals surface area contributed by atoms with Gasteiger partial charge in [-0.25, -0.2) is 0 Å². The van der Waals surface area contributed by atoms with Gasteiger partial charge < -0.3 is 9.67 Å². The summed E-state index contributed by atoms with van der Waals surface area (Å²) in [4.78, 5) is 21.5. The first kappa shape index (κ1) is 14.5. The molecule has 0 saturated carbocycles. The van der Waals surface area contributed by atoms with Crippen molar-refractivity contribution in [3.05, 3.63) is 38.0 Å². The van der Waals surface area contributed by atoms with E-state index in [1.165, 1.54) is 6.07 Å². The first-order chi connectivity index (χ1) is 9.34. The zero-order chi connectivity index (χ0) is 15.0. The van der Waals surface area contributed by atoms with Crippen molar-refractivity contribution in [3.63, 3.8) is 0 Å². The third-order valence-electron chi connectivity index (χ3n) is 3.47. The van der Waals surface area contributed by atoms with E-state index in [4.69, 9.17) is 5.11 Å². The van der Waals surface area contributed by atoms with Gasteiger partial charge in [-0.3, -0.25) is 14.9 Å². The van der Waals surface area contributed by atoms with Crippen molar-refractivity contribution in [3.8, 4) is 0 Å². The van der Waals surface area contributed by atoms with Crippen LogP contribution in [0.3, 0.4) is 0 Å². The summed E-state index contributed by atoms with van der Waals surface area (Å²) < 4.78 is 2.61. The van der Waals surface area contributed by atoms with Gasteiger partial charge in [0.15, 0.2) is 0 Å². The van der Waals surface area contributed by atoms with Gasteiger partial charge in [-0.15, -0.1) is 0 Å². The van der Waals surface area contributed by atoms with Crippen molar-refractivity contribution >= 4 is 38.5 Å². The topological polar surface area (TPSA) is 85.4 Å². The largest absolute Gasteiger partial charge is 0.481 e. The molecule has 20 heavy (non-hydrogen) atoms. The first-order valence-electron chi connectivity index (χ1n) is 5.97. The van der Waals surface area contributed by atoms with Crippen LogP contribution in [-0.4, -0.2) is 20.6 Å². The van der Waals surface area contributed by atoms with E-state index in [0.717, 1.165) is 21.2 Å². The highest BCUT2D eigenvalue weighted by Crippen LogP contribution is 2.37. The first-order valence-corrected chi connectivity index (χ1v) is 6.76. The Labute approximate surface area is 123 Å². The van der Waals surface area contributed by atoms with Crippen LogP contribution in [0, 0.1) is 17.0 Å². The van der Waals surface area contributed by atoms with Gasteiger partial charge in [-0.05, 0) is 40.9 Å². The standard InChI is InChI=1S/C13H13BrN2O4/c1-7-8(3-6-11(17)18)12-10(16(19)20)5-4-9(14)13(12)15(7)2/h4-5H,3,6H2,1-2H3,(H,17,18). The molecule has 6 nitrogen and oxygen atoms in total. The second kappa shape index (κ2) is 5.24. The predicted octanol–water partition coefficient (Wildman–Crippen LogP) is 3.17. The zero-order valence-corrected chi connectivity index (χ0v) is 12.6. The van der Waals surface area contributed by atoms with Crippen LogP contribution >= 0.6 is 15.9 Å². The predicted molar refractivity (Wildman–Crippen MR) is 78.0 cm³/mol. The summed E-state index contributed by atoms with van der Waals surface area (Å²) >= 11 is 3.40. The number of aryl methyl sites for hydroxylation is 2. The number of non-ortho nitro benzene ring substituents is 1. The number of carboxylic acid groups (broad SMARTS) is 1. The molecule has 0 aliphatic heterocycles. The lowest BCUT2D eigenvalue weighted by molar-refractivity contribution is -0.383. The number of benzene rings is 1. The lowest BCUT2D eigenvalue weighted by Gasteiger charge is -2.01. The molecule has 0 saturated heterocycles. The lowest BCUT2D eigenvalue weighted by atomic mass is 10.0. The molecule has 2 aromatic rings. The Balaban J connectivity index is 2.78. The van der Waals surface area contributed by atoms with Gasteiger partial charge in [0.25, 0.3) is 5.69 Å². The van der Waals surface area contributed by atoms with Crippen molar-refractivity contribution in [2.45, 2.75) is 19.8 Å². The van der Waals surface area contributed by atoms with Gasteiger partial charge >= 0.3 is 5.97 Å². The highest BCUT2D eigenvalue weighted by Gasteiger charge is 2.23. The van der Waals surface area contributed by atoms with E-state index in [-0.39, 0.29) is 18.5 Å². The lowest BCUT2D eigenvalue weighted by Crippen LogP contribution is -1.99. The minimum atomic E-state index is -0.918. The third-order valence-corrected chi connectivity index (χ3v) is 4.11. The minimum Gasteiger partial charge on any atom is -0.481 e. The molecule has 2 rings (SSSR count). The molecule has 1 aromatic heterocycles. The Hall–Kier alpha value is -1.89. The van der Waals surface area contributed by atoms with E-state index >= 15 is 0 Å². The number of carboxylic acids is 1. The number of hydrogen-bond donors (Lipinski definition) is 1. The fourth-order valence-electron chi connectivity index (χ4n) is 2.42. The van der Waals surface area contributed by atoms with Gasteiger partial charge in [-0.1, -0.05) is 0 Å². The minimum absolute atomic E-state index is 0.00675. The molecule has 1 N–H and O–H groups in total. The number of rotatable bonds is 4. The van der Waals surface area contributed by atoms with Crippen LogP contribution in [-0.2, 0) is 18.3 Å². The maximum Gasteiger partial charge on any atom is 0.303 e. The number of aromatic nitrogens is 1. The molecule has 0 atom stereocenters. The van der Waals surface area contributed by atoms with E-state index in [2.05, 4.69) is 15.9 Å². The van der Waals surface area contributed by atoms with Crippen LogP contribution < -0.4 is 0 Å². The van der Waals surface area contributed by atoms with Crippen molar-refractivity contribution in [2.75, 3.05) is 0 Å². The second-order valence-electron chi connectivity index (χ2n) is 4.56. The molecule has 0 fully saturated rings. The van der Waals surface area contributed by atoms with Gasteiger partial charge in [0.1, 0.15) is 0 Å². The van der Waals surface area contributed by atoms with Crippen molar-refractivity contribution in [1.82, 2.24) is 4.57 Å². The molecule has 1 heterocycles. The molecule has 0 aliphatic rings. The van der Waals surface area contributed by atoms with E-state index < -0.39 is 10.9 Å². The summed E-state index contributed by atoms with van der Waals surface area (Å²) in [6.45, 7) is 1.84. The van der Waals surface area contributed by atoms with E-state index in [0.29, 0.717) is 5.39 Å². The van der Waals surface area contributed by atoms with Crippen LogP contribution in [0.4, 0.5) is 5.69 Å². The van der Waals surface area contributed by atoms with Gasteiger partial charge in [0.05, 0.1) is 15.8 Å². The van der Waals surface area contributed by atoms with Crippen LogP contribution in [0.25, 0.3) is 10.9 Å². The zero-order valence-electron chi connectivity index (χ0n) is 11.0. The summed E-state index contributed by atoms with van der Waals surface area (Å²) in [5, 5.41) is 20.5. The Kier molecular flexibility index (Phi) is 3.80. The molecular weight excluding hydrogens is 328 g/mol. The van der Waals surface area contributed by atoms with Gasteiger partial charge in [-0.2, -0.15) is 0 Å². The molecule has 0 unspecified atom stereocenters. The van der Waals surface area contributed by atoms with E-state index in [1.807, 2.05) is 18.5 Å². The fourth-order valence-corrected chi connectivity index (χ4v) is 3.02. The Bertz CT molecular complexity index is 721. The smallest absolute Gasteiger partial charge is 0.303 e. The summed E-state index contributed by atoms with van der Waals surface area (Å²) in [5.41, 5.74) is 2.29. The van der Waals surface area contributed by atoms with Crippen LogP contribution in [0.1, 0.15) is 17.7 Å². The number of carbonyl (C=O) groups is 1. The van der Waals surface area contributed by atoms with Crippen LogP contribution in [0.5, 0.6) is 0 Å². The maximum absolute atomic E-state index is 11.2. The molecule has 0 spiro atoms. The molecule has 106 valence electrons. The molecule has 7 heteroatoms. The molecular formula is C13H13BrN2O4. The van der Waals surface area contributed by atoms with E-state index in [1.54, 1.807) is 6.07 Å². The van der Waals surface area contributed by atoms with Crippen molar-refractivity contribution in [1.29, 1.82) is 0 Å². The summed E-state index contributed by atoms with van der Waals surface area (Å²) in [5.74, 6) is -0.918. The van der Waals surface area contributed by atoms with E-state index in [9.17, 15) is 14.9 Å². The average molecular weight is 341 g/mol. The highest BCUT2D eigenvalue weighted by molar-refractivity contribution is 9.10. The number of halogens is 1. The number of hydrogen-bond acceptors (Lipinski definition) is 3. The molecule has 0 radical (unpaired) electrons. The molecule has 0 aliphatic carbocycles. The van der Waals surface area contributed by atoms with Crippen molar-refractivity contribution in [2.24, 2.45) is 7.05 Å². The SMILES string of the molecule is Cc1c(CCC(=O)O)c2c([N+](=O)[O-])ccc(Br)c2n1C. The maximum atomic E-state index is 11.2. The Morgan fingerprint density at radius 1 is 1.50 bits per heavy atom. The third kappa shape index (κ3) is 2.29. The van der Waals surface area contributed by atoms with Crippen LogP contribution in [0.2, 0.25) is 0 Å². The molecule has 1 aromatic carbocycles. The molecule has 0 amide bonds. The van der Waals surface area contributed by atoms with Gasteiger partial charge in [0, 0.05) is 29.7 Å². The molecule has 0 bridgehead atoms. The van der Waals surface area contributed by atoms with Crippen molar-refractivity contribution < 1.29 is 14.8 Å². The second-order valence-corrected chi connectivity index (χ2v) is 5.42. The monoisotopic (exact) mass is 340 g/mol. The number of nitro groups is 1. The fraction of sp³-hybridized carbons (Fsp3) is 0.308. The van der Waals surface area contributed by atoms with Crippen LogP contribution in [0.15, 0.2) is 16.6 Å².